The second-order valence-corrected chi connectivity index (χ2v) is 2.31. The van der Waals surface area contributed by atoms with Crippen LogP contribution in [0.3, 0.4) is 0 Å². The molecule has 2 atom stereocenters. The maximum absolute atomic E-state index is 10.5. The van der Waals surface area contributed by atoms with Crippen molar-refractivity contribution in [2.75, 3.05) is 6.61 Å². The molecule has 0 fully saturated rings. The van der Waals surface area contributed by atoms with Crippen molar-refractivity contribution in [3.63, 3.8) is 0 Å². The minimum absolute atomic E-state index is 0. The molecule has 2 radical (unpaired) electrons. The second kappa shape index (κ2) is 7.08. The van der Waals surface area contributed by atoms with Gasteiger partial charge in [0, 0.05) is 59.1 Å². The normalized spacial score (nSPS) is 22.1. The summed E-state index contributed by atoms with van der Waals surface area (Å²) in [4.78, 5) is 10.5. The summed E-state index contributed by atoms with van der Waals surface area (Å²) in [6.45, 7) is -0.671. The molecule has 1 rings (SSSR count). The molecule has 1 aliphatic rings. The van der Waals surface area contributed by atoms with Crippen LogP contribution in [-0.2, 0) is 9.53 Å². The van der Waals surface area contributed by atoms with Gasteiger partial charge in [0.05, 0.1) is 6.61 Å². The van der Waals surface area contributed by atoms with Crippen LogP contribution in [0.5, 0.6) is 0 Å². The average Bonchev–Trinajstić information content (AvgIpc) is 2.32. The van der Waals surface area contributed by atoms with Gasteiger partial charge in [-0.15, -0.1) is 0 Å². The Balaban J connectivity index is 0. The molecule has 0 aromatic heterocycles. The Kier molecular flexibility index (Phi) is 8.66. The third-order valence-corrected chi connectivity index (χ3v) is 1.48. The fraction of sp³-hybridized carbons (Fsp3) is 0.500. The zero-order valence-corrected chi connectivity index (χ0v) is 12.0. The van der Waals surface area contributed by atoms with Crippen LogP contribution in [0.15, 0.2) is 11.5 Å². The van der Waals surface area contributed by atoms with Crippen molar-refractivity contribution in [1.29, 1.82) is 0 Å². The van der Waals surface area contributed by atoms with E-state index < -0.39 is 36.3 Å². The SMILES string of the molecule is O=C1O[C@H]([C@H](O)CO)C(O)=C1O.[Na].[Na]. The minimum atomic E-state index is -1.42. The Morgan fingerprint density at radius 1 is 1.36 bits per heavy atom. The van der Waals surface area contributed by atoms with Crippen molar-refractivity contribution in [2.24, 2.45) is 0 Å². The fourth-order valence-electron chi connectivity index (χ4n) is 0.823. The molecule has 0 amide bonds. The first-order valence-electron chi connectivity index (χ1n) is 3.20. The molecule has 0 aromatic rings. The van der Waals surface area contributed by atoms with Gasteiger partial charge in [0.2, 0.25) is 5.76 Å². The molecule has 0 saturated carbocycles. The van der Waals surface area contributed by atoms with Crippen LogP contribution in [-0.4, -0.2) is 104 Å². The number of ether oxygens (including phenoxy) is 1. The topological polar surface area (TPSA) is 107 Å². The van der Waals surface area contributed by atoms with Gasteiger partial charge in [0.25, 0.3) is 0 Å². The molecule has 0 bridgehead atoms. The van der Waals surface area contributed by atoms with Crippen LogP contribution in [0.1, 0.15) is 0 Å². The average molecular weight is 222 g/mol. The number of aliphatic hydroxyl groups excluding tert-OH is 4. The van der Waals surface area contributed by atoms with E-state index in [4.69, 9.17) is 20.4 Å². The molecule has 0 aliphatic carbocycles. The molecule has 0 aromatic carbocycles. The quantitative estimate of drug-likeness (QED) is 0.313. The summed E-state index contributed by atoms with van der Waals surface area (Å²) in [6, 6.07) is 0. The number of aliphatic hydroxyl groups is 4. The minimum Gasteiger partial charge on any atom is -0.505 e. The van der Waals surface area contributed by atoms with E-state index in [1.165, 1.54) is 0 Å². The van der Waals surface area contributed by atoms with Gasteiger partial charge in [-0.3, -0.25) is 0 Å². The van der Waals surface area contributed by atoms with Gasteiger partial charge < -0.3 is 25.2 Å². The van der Waals surface area contributed by atoms with Crippen LogP contribution in [0, 0.1) is 0 Å². The standard InChI is InChI=1S/C6H8O6.2Na/c7-1-2(8)5-3(9)4(10)6(11)12-5;;/h2,5,7-10H,1H2;;/t2-,5-;;/m1../s1. The van der Waals surface area contributed by atoms with E-state index in [0.717, 1.165) is 0 Å². The van der Waals surface area contributed by atoms with Gasteiger partial charge in [-0.1, -0.05) is 0 Å². The van der Waals surface area contributed by atoms with Crippen LogP contribution in [0.2, 0.25) is 0 Å². The summed E-state index contributed by atoms with van der Waals surface area (Å²) in [5.41, 5.74) is 0. The summed E-state index contributed by atoms with van der Waals surface area (Å²) in [6.07, 6.45) is -2.78. The Labute approximate surface area is 124 Å². The van der Waals surface area contributed by atoms with Crippen LogP contribution >= 0.6 is 0 Å². The Hall–Kier alpha value is 0.730. The molecule has 0 spiro atoms. The van der Waals surface area contributed by atoms with Gasteiger partial charge in [-0.05, 0) is 0 Å². The Morgan fingerprint density at radius 2 is 1.86 bits per heavy atom. The monoisotopic (exact) mass is 222 g/mol. The first kappa shape index (κ1) is 17.1. The fourth-order valence-corrected chi connectivity index (χ4v) is 0.823. The molecule has 4 N–H and O–H groups in total. The summed E-state index contributed by atoms with van der Waals surface area (Å²) in [7, 11) is 0. The van der Waals surface area contributed by atoms with Gasteiger partial charge in [-0.2, -0.15) is 0 Å². The zero-order valence-electron chi connectivity index (χ0n) is 7.97. The number of esters is 1. The van der Waals surface area contributed by atoms with Crippen molar-refractivity contribution in [3.8, 4) is 0 Å². The van der Waals surface area contributed by atoms with Gasteiger partial charge in [-0.25, -0.2) is 4.79 Å². The molecule has 14 heavy (non-hydrogen) atoms. The van der Waals surface area contributed by atoms with E-state index in [1.54, 1.807) is 0 Å². The van der Waals surface area contributed by atoms with E-state index in [1.807, 2.05) is 0 Å². The van der Waals surface area contributed by atoms with Crippen LogP contribution in [0.25, 0.3) is 0 Å². The van der Waals surface area contributed by atoms with E-state index in [2.05, 4.69) is 4.74 Å². The molecule has 1 heterocycles. The summed E-state index contributed by atoms with van der Waals surface area (Å²) in [5.74, 6) is -2.78. The van der Waals surface area contributed by atoms with Crippen LogP contribution in [0.4, 0.5) is 0 Å². The van der Waals surface area contributed by atoms with Crippen molar-refractivity contribution in [1.82, 2.24) is 0 Å². The number of carbonyl (C=O) groups excluding carboxylic acids is 1. The van der Waals surface area contributed by atoms with E-state index >= 15 is 0 Å². The third kappa shape index (κ3) is 3.39. The smallest absolute Gasteiger partial charge is 0.377 e. The second-order valence-electron chi connectivity index (χ2n) is 2.31. The zero-order chi connectivity index (χ0) is 9.30. The van der Waals surface area contributed by atoms with Crippen molar-refractivity contribution >= 4 is 65.1 Å². The number of cyclic esters (lactones) is 1. The predicted molar refractivity (Wildman–Crippen MR) is 46.8 cm³/mol. The molecule has 0 unspecified atom stereocenters. The summed E-state index contributed by atoms with van der Waals surface area (Å²) >= 11 is 0. The van der Waals surface area contributed by atoms with E-state index in [0.29, 0.717) is 0 Å². The number of rotatable bonds is 2. The predicted octanol–water partition coefficient (Wildman–Crippen LogP) is -2.17. The maximum Gasteiger partial charge on any atom is 0.377 e. The van der Waals surface area contributed by atoms with Crippen molar-refractivity contribution < 1.29 is 30.0 Å². The van der Waals surface area contributed by atoms with Crippen molar-refractivity contribution in [3.05, 3.63) is 11.5 Å². The summed E-state index contributed by atoms with van der Waals surface area (Å²) in [5, 5.41) is 35.0. The molecule has 0 saturated heterocycles. The number of hydrogen-bond donors (Lipinski definition) is 4. The Morgan fingerprint density at radius 3 is 2.14 bits per heavy atom. The molecule has 1 aliphatic heterocycles. The molecule has 6 nitrogen and oxygen atoms in total. The molecular weight excluding hydrogens is 214 g/mol. The maximum atomic E-state index is 10.5. The first-order valence-corrected chi connectivity index (χ1v) is 3.20. The third-order valence-electron chi connectivity index (χ3n) is 1.48. The molecule has 8 heteroatoms. The van der Waals surface area contributed by atoms with Gasteiger partial charge >= 0.3 is 5.97 Å². The van der Waals surface area contributed by atoms with E-state index in [9.17, 15) is 4.79 Å². The first-order chi connectivity index (χ1) is 5.57. The summed E-state index contributed by atoms with van der Waals surface area (Å²) < 4.78 is 4.32. The Bertz CT molecular complexity index is 240. The number of hydrogen-bond acceptors (Lipinski definition) is 6. The van der Waals surface area contributed by atoms with Gasteiger partial charge in [0.15, 0.2) is 11.9 Å². The van der Waals surface area contributed by atoms with Crippen LogP contribution < -0.4 is 0 Å². The van der Waals surface area contributed by atoms with E-state index in [-0.39, 0.29) is 59.1 Å². The van der Waals surface area contributed by atoms with Crippen molar-refractivity contribution in [2.45, 2.75) is 12.2 Å². The molecule has 70 valence electrons. The van der Waals surface area contributed by atoms with Gasteiger partial charge in [0.1, 0.15) is 6.10 Å². The number of carbonyl (C=O) groups is 1. The largest absolute Gasteiger partial charge is 0.505 e. The molecular formula is C6H8Na2O6.